The first kappa shape index (κ1) is 21.4. The maximum absolute atomic E-state index is 13.9. The first-order valence-corrected chi connectivity index (χ1v) is 10.8. The van der Waals surface area contributed by atoms with Crippen LogP contribution in [0.5, 0.6) is 0 Å². The third-order valence-electron chi connectivity index (χ3n) is 5.61. The monoisotopic (exact) mass is 428 g/mol. The maximum atomic E-state index is 13.9. The van der Waals surface area contributed by atoms with Gasteiger partial charge in [0.05, 0.1) is 18.0 Å². The van der Waals surface area contributed by atoms with Crippen LogP contribution in [0.3, 0.4) is 0 Å². The van der Waals surface area contributed by atoms with E-state index in [4.69, 9.17) is 27.5 Å². The summed E-state index contributed by atoms with van der Waals surface area (Å²) in [5.74, 6) is 2.51. The molecule has 154 valence electrons. The third kappa shape index (κ3) is 3.77. The van der Waals surface area contributed by atoms with Crippen LogP contribution in [0, 0.1) is 17.6 Å². The molecule has 0 N–H and O–H groups in total. The zero-order valence-corrected chi connectivity index (χ0v) is 17.7. The highest BCUT2D eigenvalue weighted by Crippen LogP contribution is 2.39. The van der Waals surface area contributed by atoms with E-state index >= 15 is 0 Å². The van der Waals surface area contributed by atoms with E-state index in [9.17, 15) is 10.0 Å². The summed E-state index contributed by atoms with van der Waals surface area (Å²) in [6, 6.07) is 0. The molecule has 3 atom stereocenters. The summed E-state index contributed by atoms with van der Waals surface area (Å²) in [5.41, 5.74) is -0.584. The molecule has 28 heavy (non-hydrogen) atoms. The van der Waals surface area contributed by atoms with Crippen molar-refractivity contribution < 1.29 is 14.3 Å². The number of quaternary nitrogens is 1. The number of halogens is 1. The Kier molecular flexibility index (Phi) is 6.59. The molecular formula is C18H25ClN4O4S. The van der Waals surface area contributed by atoms with Gasteiger partial charge in [0, 0.05) is 6.61 Å². The minimum atomic E-state index is -0.987. The van der Waals surface area contributed by atoms with Crippen LogP contribution in [-0.2, 0) is 20.1 Å². The van der Waals surface area contributed by atoms with Gasteiger partial charge in [-0.3, -0.25) is 4.65 Å². The number of esters is 1. The number of hydrogen-bond acceptors (Lipinski definition) is 8. The van der Waals surface area contributed by atoms with Crippen molar-refractivity contribution in [3.63, 3.8) is 0 Å². The highest BCUT2D eigenvalue weighted by atomic mass is 35.5. The van der Waals surface area contributed by atoms with E-state index in [2.05, 4.69) is 16.1 Å². The van der Waals surface area contributed by atoms with Crippen LogP contribution in [0.2, 0.25) is 0 Å². The van der Waals surface area contributed by atoms with E-state index in [1.807, 2.05) is 18.7 Å². The van der Waals surface area contributed by atoms with Gasteiger partial charge in [-0.1, -0.05) is 24.9 Å². The van der Waals surface area contributed by atoms with Crippen LogP contribution in [0.1, 0.15) is 44.5 Å². The predicted molar refractivity (Wildman–Crippen MR) is 107 cm³/mol. The summed E-state index contributed by atoms with van der Waals surface area (Å²) in [6.07, 6.45) is 6.98. The molecule has 8 nitrogen and oxygen atoms in total. The van der Waals surface area contributed by atoms with Crippen molar-refractivity contribution in [2.45, 2.75) is 63.3 Å². The topological polar surface area (TPSA) is 87.6 Å². The van der Waals surface area contributed by atoms with Gasteiger partial charge in [-0.2, -0.15) is 0 Å². The van der Waals surface area contributed by atoms with E-state index in [1.54, 1.807) is 0 Å². The van der Waals surface area contributed by atoms with Gasteiger partial charge in [-0.15, -0.1) is 23.1 Å². The first-order valence-electron chi connectivity index (χ1n) is 9.45. The Labute approximate surface area is 173 Å². The van der Waals surface area contributed by atoms with Crippen molar-refractivity contribution in [3.8, 4) is 12.3 Å². The predicted octanol–water partition coefficient (Wildman–Crippen LogP) is 2.60. The van der Waals surface area contributed by atoms with Crippen molar-refractivity contribution in [2.75, 3.05) is 19.8 Å². The highest BCUT2D eigenvalue weighted by Gasteiger charge is 2.52. The number of ether oxygens (including phenoxy) is 2. The summed E-state index contributed by atoms with van der Waals surface area (Å²) in [6.45, 7) is 4.77. The number of carbonyl (C=O) groups excluding carboxylic acids is 1. The zero-order valence-electron chi connectivity index (χ0n) is 16.1. The van der Waals surface area contributed by atoms with Gasteiger partial charge in [0.2, 0.25) is 0 Å². The summed E-state index contributed by atoms with van der Waals surface area (Å²) < 4.78 is 10.1. The molecule has 2 aliphatic rings. The van der Waals surface area contributed by atoms with Crippen molar-refractivity contribution >= 4 is 34.0 Å². The van der Waals surface area contributed by atoms with E-state index in [0.29, 0.717) is 30.9 Å². The van der Waals surface area contributed by atoms with Gasteiger partial charge in [0.25, 0.3) is 6.23 Å². The number of terminal acetylenes is 1. The smallest absolute Gasteiger partial charge is 0.339 e. The average molecular weight is 429 g/mol. The van der Waals surface area contributed by atoms with Crippen LogP contribution >= 0.6 is 22.9 Å². The quantitative estimate of drug-likeness (QED) is 0.217. The van der Waals surface area contributed by atoms with Crippen LogP contribution in [0.15, 0.2) is 0 Å². The van der Waals surface area contributed by atoms with Crippen LogP contribution < -0.4 is 4.65 Å². The molecule has 1 aromatic rings. The number of nitrogens with zero attached hydrogens (tertiary/aromatic N) is 4. The molecular weight excluding hydrogens is 404 g/mol. The first-order chi connectivity index (χ1) is 13.4. The molecule has 1 aromatic heterocycles. The molecule has 10 heteroatoms. The Morgan fingerprint density at radius 1 is 1.54 bits per heavy atom. The molecule has 3 heterocycles. The minimum absolute atomic E-state index is 0.0340. The Morgan fingerprint density at radius 2 is 2.29 bits per heavy atom. The standard InChI is InChI=1S/C18H25ClN4O4S/c1-4-18(5-2,6-3)22-11-15(27-16(24)13-8-7-9-26-13)23(25,12-22)17-21-20-14(10-19)28-17/h1,13,15H,5-12H2,2-3H3. The average Bonchev–Trinajstić information content (AvgIpc) is 3.45. The molecule has 3 rings (SSSR count). The lowest BCUT2D eigenvalue weighted by Crippen LogP contribution is -2.52. The zero-order chi connectivity index (χ0) is 20.4. The Hall–Kier alpha value is -1.28. The Bertz CT molecular complexity index is 744. The summed E-state index contributed by atoms with van der Waals surface area (Å²) >= 11 is 6.96. The van der Waals surface area contributed by atoms with Crippen LogP contribution in [0.4, 0.5) is 5.13 Å². The van der Waals surface area contributed by atoms with Crippen molar-refractivity contribution in [2.24, 2.45) is 0 Å². The van der Waals surface area contributed by atoms with E-state index in [0.717, 1.165) is 17.8 Å². The minimum Gasteiger partial charge on any atom is -0.622 e. The number of aromatic nitrogens is 2. The second-order valence-corrected chi connectivity index (χ2v) is 8.36. The maximum Gasteiger partial charge on any atom is 0.339 e. The molecule has 2 fully saturated rings. The van der Waals surface area contributed by atoms with Crippen LogP contribution in [-0.4, -0.2) is 58.8 Å². The summed E-state index contributed by atoms with van der Waals surface area (Å²) in [7, 11) is 0. The second-order valence-electron chi connectivity index (χ2n) is 7.05. The number of carbonyl (C=O) groups is 1. The lowest BCUT2D eigenvalue weighted by Gasteiger charge is -2.40. The molecule has 0 bridgehead atoms. The summed E-state index contributed by atoms with van der Waals surface area (Å²) in [4.78, 5) is 14.5. The molecule has 2 aliphatic heterocycles. The lowest BCUT2D eigenvalue weighted by atomic mass is 9.92. The summed E-state index contributed by atoms with van der Waals surface area (Å²) in [5, 5.41) is 22.6. The van der Waals surface area contributed by atoms with Gasteiger partial charge in [0.15, 0.2) is 6.10 Å². The molecule has 0 aliphatic carbocycles. The normalized spacial score (nSPS) is 28.4. The molecule has 0 radical (unpaired) electrons. The van der Waals surface area contributed by atoms with Crippen molar-refractivity contribution in [1.82, 2.24) is 19.7 Å². The van der Waals surface area contributed by atoms with E-state index < -0.39 is 28.5 Å². The van der Waals surface area contributed by atoms with Crippen molar-refractivity contribution in [3.05, 3.63) is 10.2 Å². The second kappa shape index (κ2) is 8.61. The number of rotatable bonds is 7. The van der Waals surface area contributed by atoms with E-state index in [1.165, 1.54) is 0 Å². The molecule has 0 amide bonds. The van der Waals surface area contributed by atoms with Gasteiger partial charge < -0.3 is 14.7 Å². The molecule has 2 saturated heterocycles. The third-order valence-corrected chi connectivity index (χ3v) is 7.05. The number of hydroxylamine groups is 2. The highest BCUT2D eigenvalue weighted by molar-refractivity contribution is 7.15. The fraction of sp³-hybridized carbons (Fsp3) is 0.722. The molecule has 0 saturated carbocycles. The molecule has 0 aromatic carbocycles. The lowest BCUT2D eigenvalue weighted by molar-refractivity contribution is -0.164. The number of alkyl halides is 1. The van der Waals surface area contributed by atoms with Crippen LogP contribution in [0.25, 0.3) is 0 Å². The van der Waals surface area contributed by atoms with Gasteiger partial charge in [-0.25, -0.2) is 9.69 Å². The Morgan fingerprint density at radius 3 is 2.82 bits per heavy atom. The van der Waals surface area contributed by atoms with E-state index in [-0.39, 0.29) is 24.2 Å². The number of hydrogen-bond donors (Lipinski definition) is 0. The molecule has 0 spiro atoms. The SMILES string of the molecule is C#CC(CC)(CC)N1CC(OC(=O)C2CCCO2)[N+]([O-])(c2nnc(CCl)s2)C1. The Balaban J connectivity index is 1.90. The van der Waals surface area contributed by atoms with Crippen molar-refractivity contribution in [1.29, 1.82) is 0 Å². The van der Waals surface area contributed by atoms with Gasteiger partial charge in [-0.05, 0) is 37.0 Å². The fourth-order valence-electron chi connectivity index (χ4n) is 3.76. The molecule has 3 unspecified atom stereocenters. The van der Waals surface area contributed by atoms with Gasteiger partial charge >= 0.3 is 11.1 Å². The largest absolute Gasteiger partial charge is 0.622 e. The van der Waals surface area contributed by atoms with Gasteiger partial charge in [0.1, 0.15) is 11.7 Å². The fourth-order valence-corrected chi connectivity index (χ4v) is 4.73.